The number of hydrogen-bond donors (Lipinski definition) is 1. The molecule has 0 aliphatic carbocycles. The summed E-state index contributed by atoms with van der Waals surface area (Å²) in [4.78, 5) is 24.4. The fourth-order valence-electron chi connectivity index (χ4n) is 3.31. The standard InChI is InChI=1S/C21H22N2O6S/c1-21(19(24)28-2,22-20(25)29-3)13-15-14-23(18-12-8-7-11-17(15)18)30(26,27)16-9-5-4-6-10-16/h4-12,14H,13H2,1-3H3,(H,22,25)/t21-/m0/s1/i1+2. The van der Waals surface area contributed by atoms with Crippen molar-refractivity contribution in [2.75, 3.05) is 14.2 Å². The van der Waals surface area contributed by atoms with Crippen LogP contribution < -0.4 is 5.32 Å². The summed E-state index contributed by atoms with van der Waals surface area (Å²) in [6.07, 6.45) is 0.656. The first-order valence-electron chi connectivity index (χ1n) is 9.07. The zero-order chi connectivity index (χ0) is 21.9. The number of carbonyl (C=O) groups is 2. The Bertz CT molecular complexity index is 1190. The third-order valence-corrected chi connectivity index (χ3v) is 6.49. The minimum atomic E-state index is -3.87. The molecule has 0 bridgehead atoms. The van der Waals surface area contributed by atoms with Gasteiger partial charge in [0.2, 0.25) is 0 Å². The summed E-state index contributed by atoms with van der Waals surface area (Å²) in [5, 5.41) is 3.13. The van der Waals surface area contributed by atoms with Gasteiger partial charge in [0.15, 0.2) is 0 Å². The molecule has 8 nitrogen and oxygen atoms in total. The smallest absolute Gasteiger partial charge is 0.407 e. The Morgan fingerprint density at radius 1 is 1.03 bits per heavy atom. The van der Waals surface area contributed by atoms with Gasteiger partial charge in [-0.05, 0) is 30.7 Å². The maximum absolute atomic E-state index is 13.2. The average molecular weight is 432 g/mol. The predicted octanol–water partition coefficient (Wildman–Crippen LogP) is 2.71. The van der Waals surface area contributed by atoms with Crippen molar-refractivity contribution < 1.29 is 27.5 Å². The van der Waals surface area contributed by atoms with Gasteiger partial charge in [0.1, 0.15) is 5.54 Å². The van der Waals surface area contributed by atoms with E-state index in [4.69, 9.17) is 4.74 Å². The molecule has 0 saturated heterocycles. The molecule has 0 aliphatic heterocycles. The number of ether oxygens (including phenoxy) is 2. The van der Waals surface area contributed by atoms with Crippen LogP contribution in [0.2, 0.25) is 0 Å². The molecule has 0 aliphatic rings. The van der Waals surface area contributed by atoms with Gasteiger partial charge in [-0.25, -0.2) is 22.0 Å². The molecule has 9 heteroatoms. The van der Waals surface area contributed by atoms with Gasteiger partial charge in [-0.2, -0.15) is 0 Å². The largest absolute Gasteiger partial charge is 0.467 e. The molecule has 1 atom stereocenters. The van der Waals surface area contributed by atoms with Crippen molar-refractivity contribution in [2.24, 2.45) is 0 Å². The first-order valence-corrected chi connectivity index (χ1v) is 10.5. The minimum absolute atomic E-state index is 0.00734. The maximum Gasteiger partial charge on any atom is 0.407 e. The molecule has 1 heterocycles. The molecular weight excluding hydrogens is 410 g/mol. The molecule has 1 N–H and O–H groups in total. The highest BCUT2D eigenvalue weighted by Crippen LogP contribution is 2.29. The maximum atomic E-state index is 13.2. The van der Waals surface area contributed by atoms with Gasteiger partial charge in [0, 0.05) is 18.0 Å². The van der Waals surface area contributed by atoms with Crippen molar-refractivity contribution >= 4 is 33.0 Å². The van der Waals surface area contributed by atoms with E-state index in [0.29, 0.717) is 16.5 Å². The summed E-state index contributed by atoms with van der Waals surface area (Å²) in [6.45, 7) is 1.49. The van der Waals surface area contributed by atoms with E-state index in [1.807, 2.05) is 0 Å². The number of alkyl carbamates (subject to hydrolysis) is 1. The van der Waals surface area contributed by atoms with E-state index >= 15 is 0 Å². The molecule has 0 unspecified atom stereocenters. The Morgan fingerprint density at radius 2 is 1.67 bits per heavy atom. The number of carbonyl (C=O) groups excluding carboxylic acids is 2. The van der Waals surface area contributed by atoms with E-state index in [1.54, 1.807) is 42.5 Å². The van der Waals surface area contributed by atoms with Crippen molar-refractivity contribution in [3.05, 3.63) is 66.4 Å². The van der Waals surface area contributed by atoms with Gasteiger partial charge in [-0.15, -0.1) is 0 Å². The number of benzene rings is 2. The number of methoxy groups -OCH3 is 2. The molecule has 30 heavy (non-hydrogen) atoms. The molecule has 0 radical (unpaired) electrons. The first kappa shape index (κ1) is 21.4. The molecule has 3 aromatic rings. The van der Waals surface area contributed by atoms with Crippen LogP contribution in [0.1, 0.15) is 12.5 Å². The lowest BCUT2D eigenvalue weighted by molar-refractivity contribution is -0.147. The summed E-state index contributed by atoms with van der Waals surface area (Å²) in [7, 11) is -1.47. The van der Waals surface area contributed by atoms with Gasteiger partial charge in [0.05, 0.1) is 24.6 Å². The normalized spacial score (nSPS) is 13.4. The average Bonchev–Trinajstić information content (AvgIpc) is 3.12. The Balaban J connectivity index is 2.14. The van der Waals surface area contributed by atoms with Gasteiger partial charge < -0.3 is 14.8 Å². The van der Waals surface area contributed by atoms with Crippen LogP contribution in [0.4, 0.5) is 4.79 Å². The second kappa shape index (κ2) is 8.19. The van der Waals surface area contributed by atoms with Crippen LogP contribution in [0.25, 0.3) is 10.9 Å². The highest BCUT2D eigenvalue weighted by molar-refractivity contribution is 7.90. The lowest BCUT2D eigenvalue weighted by Crippen LogP contribution is -2.54. The van der Waals surface area contributed by atoms with Crippen LogP contribution in [-0.2, 0) is 30.7 Å². The second-order valence-corrected chi connectivity index (χ2v) is 8.72. The highest BCUT2D eigenvalue weighted by Gasteiger charge is 2.38. The minimum Gasteiger partial charge on any atom is -0.467 e. The number of nitrogens with zero attached hydrogens (tertiary/aromatic N) is 1. The van der Waals surface area contributed by atoms with E-state index in [-0.39, 0.29) is 11.3 Å². The quantitative estimate of drug-likeness (QED) is 0.601. The number of esters is 1. The van der Waals surface area contributed by atoms with Gasteiger partial charge in [0.25, 0.3) is 10.0 Å². The molecule has 1 amide bonds. The first-order chi connectivity index (χ1) is 14.2. The third-order valence-electron chi connectivity index (χ3n) is 4.80. The molecular formula is C21H22N2O6S. The third kappa shape index (κ3) is 3.88. The Labute approximate surface area is 174 Å². The number of hydrogen-bond acceptors (Lipinski definition) is 6. The number of amides is 1. The Kier molecular flexibility index (Phi) is 5.84. The Morgan fingerprint density at radius 3 is 2.30 bits per heavy atom. The van der Waals surface area contributed by atoms with E-state index in [0.717, 1.165) is 0 Å². The fourth-order valence-corrected chi connectivity index (χ4v) is 4.73. The molecule has 158 valence electrons. The number of fused-ring (bicyclic) bond motifs is 1. The van der Waals surface area contributed by atoms with Crippen molar-refractivity contribution in [1.29, 1.82) is 0 Å². The summed E-state index contributed by atoms with van der Waals surface area (Å²) >= 11 is 0. The van der Waals surface area contributed by atoms with Crippen molar-refractivity contribution in [3.63, 3.8) is 0 Å². The van der Waals surface area contributed by atoms with Gasteiger partial charge in [-0.1, -0.05) is 36.4 Å². The van der Waals surface area contributed by atoms with E-state index in [1.165, 1.54) is 43.4 Å². The summed E-state index contributed by atoms with van der Waals surface area (Å²) in [6, 6.07) is 15.0. The van der Waals surface area contributed by atoms with Gasteiger partial charge in [-0.3, -0.25) is 0 Å². The molecule has 0 spiro atoms. The fraction of sp³-hybridized carbons (Fsp3) is 0.238. The van der Waals surface area contributed by atoms with Gasteiger partial charge >= 0.3 is 12.1 Å². The van der Waals surface area contributed by atoms with Crippen LogP contribution in [-0.4, -0.2) is 44.2 Å². The number of rotatable bonds is 6. The summed E-state index contributed by atoms with van der Waals surface area (Å²) in [5.41, 5.74) is -0.455. The summed E-state index contributed by atoms with van der Waals surface area (Å²) < 4.78 is 37.1. The zero-order valence-corrected chi connectivity index (χ0v) is 17.6. The van der Waals surface area contributed by atoms with Crippen LogP contribution in [0.15, 0.2) is 65.7 Å². The molecule has 0 fully saturated rings. The number of aromatic nitrogens is 1. The lowest BCUT2D eigenvalue weighted by atomic mass is 10.00. The van der Waals surface area contributed by atoms with Crippen LogP contribution in [0.5, 0.6) is 0 Å². The van der Waals surface area contributed by atoms with Crippen molar-refractivity contribution in [3.8, 4) is 0 Å². The van der Waals surface area contributed by atoms with Crippen molar-refractivity contribution in [1.82, 2.24) is 9.29 Å². The predicted molar refractivity (Wildman–Crippen MR) is 111 cm³/mol. The van der Waals surface area contributed by atoms with E-state index in [2.05, 4.69) is 10.1 Å². The van der Waals surface area contributed by atoms with Crippen LogP contribution in [0, 0.1) is 0 Å². The van der Waals surface area contributed by atoms with Crippen molar-refractivity contribution in [2.45, 2.75) is 23.8 Å². The topological polar surface area (TPSA) is 104 Å². The lowest BCUT2D eigenvalue weighted by Gasteiger charge is -2.27. The highest BCUT2D eigenvalue weighted by atomic mass is 32.2. The Hall–Kier alpha value is -3.33. The zero-order valence-electron chi connectivity index (χ0n) is 16.8. The number of nitrogens with one attached hydrogen (secondary N) is 1. The molecule has 1 aromatic heterocycles. The second-order valence-electron chi connectivity index (χ2n) is 6.90. The molecule has 0 saturated carbocycles. The SMILES string of the molecule is COC(=O)N[C@@]([14CH3])(Cc1cn(S(=O)(=O)c2ccccc2)c2ccccc12)C(=O)OC. The van der Waals surface area contributed by atoms with Crippen LogP contribution in [0.3, 0.4) is 0 Å². The monoisotopic (exact) mass is 432 g/mol. The molecule has 3 rings (SSSR count). The number of para-hydroxylation sites is 1. The summed E-state index contributed by atoms with van der Waals surface area (Å²) in [5.74, 6) is -0.685. The van der Waals surface area contributed by atoms with E-state index < -0.39 is 27.6 Å². The van der Waals surface area contributed by atoms with Crippen LogP contribution >= 0.6 is 0 Å². The van der Waals surface area contributed by atoms with E-state index in [9.17, 15) is 18.0 Å². The molecule has 2 aromatic carbocycles.